The van der Waals surface area contributed by atoms with Gasteiger partial charge in [-0.1, -0.05) is 37.0 Å². The molecule has 0 heterocycles. The van der Waals surface area contributed by atoms with E-state index in [-0.39, 0.29) is 12.6 Å². The maximum atomic E-state index is 13.9. The number of ether oxygens (including phenoxy) is 2. The highest BCUT2D eigenvalue weighted by Gasteiger charge is 2.35. The average molecular weight is 475 g/mol. The molecule has 0 saturated heterocycles. The van der Waals surface area contributed by atoms with Crippen molar-refractivity contribution in [3.8, 4) is 11.5 Å². The van der Waals surface area contributed by atoms with Crippen molar-refractivity contribution in [3.63, 3.8) is 0 Å². The van der Waals surface area contributed by atoms with Gasteiger partial charge in [-0.3, -0.25) is 4.79 Å². The maximum absolute atomic E-state index is 13.9. The third-order valence-corrected chi connectivity index (χ3v) is 8.32. The number of hydrogen-bond donors (Lipinski definition) is 1. The quantitative estimate of drug-likeness (QED) is 0.605. The van der Waals surface area contributed by atoms with Crippen LogP contribution in [0.1, 0.15) is 48.8 Å². The van der Waals surface area contributed by atoms with Crippen LogP contribution in [0.4, 0.5) is 5.69 Å². The van der Waals surface area contributed by atoms with E-state index in [0.29, 0.717) is 33.2 Å². The second-order valence-electron chi connectivity index (χ2n) is 8.69. The summed E-state index contributed by atoms with van der Waals surface area (Å²) in [5.74, 6) is 0.643. The summed E-state index contributed by atoms with van der Waals surface area (Å²) in [5.41, 5.74) is 2.93. The maximum Gasteiger partial charge on any atom is 0.244 e. The molecule has 0 atom stereocenters. The second kappa shape index (κ2) is 10.6. The summed E-state index contributed by atoms with van der Waals surface area (Å²) < 4.78 is 39.7. The van der Waals surface area contributed by atoms with Crippen LogP contribution in [0.2, 0.25) is 0 Å². The van der Waals surface area contributed by atoms with Gasteiger partial charge in [0.1, 0.15) is 0 Å². The number of rotatable bonds is 8. The average Bonchev–Trinajstić information content (AvgIpc) is 2.77. The molecule has 0 bridgehead atoms. The Morgan fingerprint density at radius 1 is 0.970 bits per heavy atom. The van der Waals surface area contributed by atoms with Gasteiger partial charge < -0.3 is 14.8 Å². The zero-order valence-electron chi connectivity index (χ0n) is 20.1. The van der Waals surface area contributed by atoms with Crippen LogP contribution in [-0.2, 0) is 14.8 Å². The highest BCUT2D eigenvalue weighted by atomic mass is 32.2. The Labute approximate surface area is 197 Å². The van der Waals surface area contributed by atoms with E-state index in [1.165, 1.54) is 18.5 Å². The molecule has 1 N–H and O–H groups in total. The standard InChI is InChI=1S/C25H34N2O5S/c1-17-13-18(2)25(19(3)14-17)33(29,30)27(21-9-7-6-8-10-21)16-24(28)26-20-11-12-22(31-4)23(15-20)32-5/h11-15,21H,6-10,16H2,1-5H3,(H,26,28). The third kappa shape index (κ3) is 5.68. The number of nitrogens with one attached hydrogen (secondary N) is 1. The van der Waals surface area contributed by atoms with Crippen molar-refractivity contribution < 1.29 is 22.7 Å². The number of benzene rings is 2. The van der Waals surface area contributed by atoms with Gasteiger partial charge in [0, 0.05) is 17.8 Å². The molecule has 2 aromatic rings. The van der Waals surface area contributed by atoms with Crippen molar-refractivity contribution in [1.82, 2.24) is 4.31 Å². The molecule has 1 amide bonds. The molecule has 0 radical (unpaired) electrons. The highest BCUT2D eigenvalue weighted by molar-refractivity contribution is 7.89. The SMILES string of the molecule is COc1ccc(NC(=O)CN(C2CCCCC2)S(=O)(=O)c2c(C)cc(C)cc2C)cc1OC. The molecule has 33 heavy (non-hydrogen) atoms. The summed E-state index contributed by atoms with van der Waals surface area (Å²) in [6, 6.07) is 8.62. The van der Waals surface area contributed by atoms with Crippen molar-refractivity contribution in [1.29, 1.82) is 0 Å². The van der Waals surface area contributed by atoms with Crippen LogP contribution in [-0.4, -0.2) is 45.4 Å². The van der Waals surface area contributed by atoms with E-state index in [2.05, 4.69) is 5.32 Å². The molecule has 0 unspecified atom stereocenters. The Bertz CT molecular complexity index is 1080. The Morgan fingerprint density at radius 3 is 2.15 bits per heavy atom. The van der Waals surface area contributed by atoms with Crippen LogP contribution in [0, 0.1) is 20.8 Å². The fourth-order valence-electron chi connectivity index (χ4n) is 4.73. The summed E-state index contributed by atoms with van der Waals surface area (Å²) >= 11 is 0. The highest BCUT2D eigenvalue weighted by Crippen LogP contribution is 2.32. The minimum absolute atomic E-state index is 0.194. The lowest BCUT2D eigenvalue weighted by atomic mass is 9.95. The molecular weight excluding hydrogens is 440 g/mol. The van der Waals surface area contributed by atoms with Crippen LogP contribution in [0.15, 0.2) is 35.2 Å². The van der Waals surface area contributed by atoms with Crippen LogP contribution < -0.4 is 14.8 Å². The third-order valence-electron chi connectivity index (χ3n) is 6.12. The molecular formula is C25H34N2O5S. The number of nitrogens with zero attached hydrogens (tertiary/aromatic N) is 1. The van der Waals surface area contributed by atoms with Crippen LogP contribution >= 0.6 is 0 Å². The zero-order valence-corrected chi connectivity index (χ0v) is 20.9. The molecule has 1 aliphatic rings. The van der Waals surface area contributed by atoms with E-state index in [1.807, 2.05) is 32.9 Å². The summed E-state index contributed by atoms with van der Waals surface area (Å²) in [6.07, 6.45) is 4.52. The molecule has 1 aliphatic carbocycles. The fraction of sp³-hybridized carbons (Fsp3) is 0.480. The first-order valence-corrected chi connectivity index (χ1v) is 12.7. The predicted molar refractivity (Wildman–Crippen MR) is 130 cm³/mol. The van der Waals surface area contributed by atoms with E-state index < -0.39 is 15.9 Å². The van der Waals surface area contributed by atoms with Gasteiger partial charge in [0.2, 0.25) is 15.9 Å². The van der Waals surface area contributed by atoms with Gasteiger partial charge in [0.05, 0.1) is 25.7 Å². The Balaban J connectivity index is 1.91. The van der Waals surface area contributed by atoms with Gasteiger partial charge in [-0.2, -0.15) is 4.31 Å². The van der Waals surface area contributed by atoms with Gasteiger partial charge in [-0.25, -0.2) is 8.42 Å². The van der Waals surface area contributed by atoms with Crippen LogP contribution in [0.25, 0.3) is 0 Å². The van der Waals surface area contributed by atoms with E-state index in [1.54, 1.807) is 18.2 Å². The van der Waals surface area contributed by atoms with E-state index >= 15 is 0 Å². The number of carbonyl (C=O) groups excluding carboxylic acids is 1. The number of amides is 1. The Morgan fingerprint density at radius 2 is 1.58 bits per heavy atom. The van der Waals surface area contributed by atoms with Gasteiger partial charge in [-0.05, 0) is 56.9 Å². The number of hydrogen-bond acceptors (Lipinski definition) is 5. The normalized spacial score (nSPS) is 14.8. The summed E-state index contributed by atoms with van der Waals surface area (Å²) in [6.45, 7) is 5.34. The van der Waals surface area contributed by atoms with E-state index in [4.69, 9.17) is 9.47 Å². The first-order valence-electron chi connectivity index (χ1n) is 11.3. The van der Waals surface area contributed by atoms with E-state index in [0.717, 1.165) is 37.7 Å². The smallest absolute Gasteiger partial charge is 0.244 e. The first-order chi connectivity index (χ1) is 15.7. The topological polar surface area (TPSA) is 84.9 Å². The van der Waals surface area contributed by atoms with Crippen molar-refractivity contribution in [2.75, 3.05) is 26.1 Å². The lowest BCUT2D eigenvalue weighted by Crippen LogP contribution is -2.46. The molecule has 1 saturated carbocycles. The molecule has 0 aliphatic heterocycles. The molecule has 2 aromatic carbocycles. The molecule has 3 rings (SSSR count). The van der Waals surface area contributed by atoms with Crippen LogP contribution in [0.3, 0.4) is 0 Å². The molecule has 180 valence electrons. The lowest BCUT2D eigenvalue weighted by Gasteiger charge is -2.33. The number of methoxy groups -OCH3 is 2. The molecule has 7 nitrogen and oxygen atoms in total. The van der Waals surface area contributed by atoms with Crippen molar-refractivity contribution in [3.05, 3.63) is 47.0 Å². The van der Waals surface area contributed by atoms with E-state index in [9.17, 15) is 13.2 Å². The minimum atomic E-state index is -3.86. The van der Waals surface area contributed by atoms with Crippen molar-refractivity contribution >= 4 is 21.6 Å². The van der Waals surface area contributed by atoms with Crippen LogP contribution in [0.5, 0.6) is 11.5 Å². The van der Waals surface area contributed by atoms with Gasteiger partial charge in [-0.15, -0.1) is 0 Å². The van der Waals surface area contributed by atoms with Gasteiger partial charge >= 0.3 is 0 Å². The molecule has 0 spiro atoms. The second-order valence-corrected chi connectivity index (χ2v) is 10.5. The van der Waals surface area contributed by atoms with Gasteiger partial charge in [0.15, 0.2) is 11.5 Å². The molecule has 1 fully saturated rings. The number of aryl methyl sites for hydroxylation is 3. The predicted octanol–water partition coefficient (Wildman–Crippen LogP) is 4.59. The zero-order chi connectivity index (χ0) is 24.2. The van der Waals surface area contributed by atoms with Crippen molar-refractivity contribution in [2.24, 2.45) is 0 Å². The minimum Gasteiger partial charge on any atom is -0.493 e. The Kier molecular flexibility index (Phi) is 8.02. The Hall–Kier alpha value is -2.58. The number of sulfonamides is 1. The summed E-state index contributed by atoms with van der Waals surface area (Å²) in [5, 5.41) is 2.82. The lowest BCUT2D eigenvalue weighted by molar-refractivity contribution is -0.116. The first kappa shape index (κ1) is 25.1. The van der Waals surface area contributed by atoms with Gasteiger partial charge in [0.25, 0.3) is 0 Å². The number of anilines is 1. The summed E-state index contributed by atoms with van der Waals surface area (Å²) in [7, 11) is -0.801. The number of carbonyl (C=O) groups is 1. The molecule has 8 heteroatoms. The fourth-order valence-corrected chi connectivity index (χ4v) is 6.78. The summed E-state index contributed by atoms with van der Waals surface area (Å²) in [4.78, 5) is 13.3. The largest absolute Gasteiger partial charge is 0.493 e. The monoisotopic (exact) mass is 474 g/mol. The van der Waals surface area contributed by atoms with Crippen molar-refractivity contribution in [2.45, 2.75) is 63.8 Å². The molecule has 0 aromatic heterocycles.